The minimum Gasteiger partial charge on any atom is -0.493 e. The number of carbonyl (C=O) groups excluding carboxylic acids is 2. The van der Waals surface area contributed by atoms with Gasteiger partial charge >= 0.3 is 0 Å². The molecule has 4 heterocycles. The monoisotopic (exact) mass is 653 g/mol. The van der Waals surface area contributed by atoms with Crippen molar-refractivity contribution in [3.05, 3.63) is 35.8 Å². The van der Waals surface area contributed by atoms with Crippen LogP contribution in [-0.4, -0.2) is 74.7 Å². The highest BCUT2D eigenvalue weighted by Crippen LogP contribution is 2.37. The molecule has 2 aliphatic carbocycles. The molecule has 1 unspecified atom stereocenters. The minimum absolute atomic E-state index is 0.0835. The molecular formula is C34H45F2N7O4. The van der Waals surface area contributed by atoms with Gasteiger partial charge in [0.15, 0.2) is 5.69 Å². The van der Waals surface area contributed by atoms with Crippen molar-refractivity contribution in [2.45, 2.75) is 102 Å². The molecule has 254 valence electrons. The fourth-order valence-electron chi connectivity index (χ4n) is 7.98. The van der Waals surface area contributed by atoms with Gasteiger partial charge in [0.25, 0.3) is 12.3 Å². The number of aromatic nitrogens is 4. The first kappa shape index (κ1) is 32.0. The Morgan fingerprint density at radius 1 is 1.00 bits per heavy atom. The lowest BCUT2D eigenvalue weighted by atomic mass is 9.82. The third kappa shape index (κ3) is 6.87. The summed E-state index contributed by atoms with van der Waals surface area (Å²) >= 11 is 0. The van der Waals surface area contributed by atoms with Gasteiger partial charge in [-0.2, -0.15) is 10.2 Å². The number of ether oxygens (including phenoxy) is 2. The molecule has 3 aromatic rings. The Bertz CT molecular complexity index is 1590. The molecule has 2 saturated heterocycles. The first-order valence-corrected chi connectivity index (χ1v) is 17.2. The molecule has 11 nitrogen and oxygen atoms in total. The summed E-state index contributed by atoms with van der Waals surface area (Å²) in [4.78, 5) is 26.7. The summed E-state index contributed by atoms with van der Waals surface area (Å²) in [6, 6.07) is 5.48. The number of nitrogens with zero attached hydrogens (tertiary/aromatic N) is 5. The van der Waals surface area contributed by atoms with Crippen molar-refractivity contribution in [3.63, 3.8) is 0 Å². The lowest BCUT2D eigenvalue weighted by Crippen LogP contribution is -2.43. The molecule has 0 bridgehead atoms. The van der Waals surface area contributed by atoms with E-state index in [1.807, 2.05) is 25.1 Å². The average molecular weight is 654 g/mol. The van der Waals surface area contributed by atoms with Crippen LogP contribution in [0.15, 0.2) is 24.4 Å². The molecular weight excluding hydrogens is 608 g/mol. The largest absolute Gasteiger partial charge is 0.493 e. The Balaban J connectivity index is 0.817. The lowest BCUT2D eigenvalue weighted by Gasteiger charge is -2.41. The third-order valence-electron chi connectivity index (χ3n) is 10.7. The van der Waals surface area contributed by atoms with E-state index in [0.717, 1.165) is 93.3 Å². The van der Waals surface area contributed by atoms with Crippen LogP contribution in [0.25, 0.3) is 10.9 Å². The Morgan fingerprint density at radius 2 is 1.77 bits per heavy atom. The number of anilines is 1. The fraction of sp³-hybridized carbons (Fsp3) is 0.647. The number of carbonyl (C=O) groups is 2. The van der Waals surface area contributed by atoms with Crippen LogP contribution < -0.4 is 15.8 Å². The van der Waals surface area contributed by atoms with Crippen LogP contribution in [0.2, 0.25) is 0 Å². The molecule has 3 N–H and O–H groups in total. The van der Waals surface area contributed by atoms with Crippen LogP contribution in [0.4, 0.5) is 14.5 Å². The number of imide groups is 1. The quantitative estimate of drug-likeness (QED) is 0.289. The molecule has 1 atom stereocenters. The second-order valence-corrected chi connectivity index (χ2v) is 14.0. The second-order valence-electron chi connectivity index (χ2n) is 14.0. The maximum Gasteiger partial charge on any atom is 0.284 e. The van der Waals surface area contributed by atoms with Crippen LogP contribution in [0, 0.1) is 18.8 Å². The molecule has 2 aliphatic heterocycles. The Morgan fingerprint density at radius 3 is 2.47 bits per heavy atom. The first-order valence-electron chi connectivity index (χ1n) is 17.2. The number of hydrogen-bond acceptors (Lipinski definition) is 8. The van der Waals surface area contributed by atoms with Crippen molar-refractivity contribution in [1.82, 2.24) is 29.8 Å². The summed E-state index contributed by atoms with van der Waals surface area (Å²) in [5, 5.41) is 12.1. The number of amides is 2. The lowest BCUT2D eigenvalue weighted by molar-refractivity contribution is -0.135. The van der Waals surface area contributed by atoms with Gasteiger partial charge in [-0.1, -0.05) is 6.07 Å². The third-order valence-corrected chi connectivity index (χ3v) is 10.7. The number of alkyl halides is 2. The molecule has 2 saturated carbocycles. The number of likely N-dealkylation sites (tertiary alicyclic amines) is 1. The Labute approximate surface area is 273 Å². The first-order chi connectivity index (χ1) is 22.7. The van der Waals surface area contributed by atoms with Crippen molar-refractivity contribution >= 4 is 28.4 Å². The zero-order valence-corrected chi connectivity index (χ0v) is 27.0. The van der Waals surface area contributed by atoms with Gasteiger partial charge in [-0.25, -0.2) is 8.78 Å². The molecule has 0 spiro atoms. The van der Waals surface area contributed by atoms with Crippen LogP contribution in [0.1, 0.15) is 94.1 Å². The normalized spacial score (nSPS) is 27.7. The van der Waals surface area contributed by atoms with Crippen molar-refractivity contribution in [3.8, 4) is 5.75 Å². The van der Waals surface area contributed by atoms with Crippen molar-refractivity contribution in [2.24, 2.45) is 11.8 Å². The standard InChI is InChI=1S/C34H45F2N7O4/c1-20-31-27(43(39-20)28-9-10-30(44)38-34(28)45)3-2-4-29(31)46-19-22-15-25(16-22)47-24-11-13-41(14-12-24)17-21-5-7-23(8-6-21)42-18-26(37)32(40-42)33(35)36/h2-4,18,21-25,28,33H,5-17,19,37H2,1H3,(H,38,44,45). The average Bonchev–Trinajstić information content (AvgIpc) is 3.59. The van der Waals surface area contributed by atoms with E-state index in [1.165, 1.54) is 0 Å². The van der Waals surface area contributed by atoms with Crippen LogP contribution in [-0.2, 0) is 14.3 Å². The van der Waals surface area contributed by atoms with Gasteiger partial charge in [-0.15, -0.1) is 0 Å². The molecule has 2 amide bonds. The molecule has 4 fully saturated rings. The second kappa shape index (κ2) is 13.5. The number of fused-ring (bicyclic) bond motifs is 1. The number of benzene rings is 1. The number of piperidine rings is 2. The SMILES string of the molecule is Cc1nn(C2CCC(=O)NC2=O)c2cccc(OCC3CC(OC4CCN(CC5CCC(n6cc(N)c(C(F)F)n6)CC5)CC4)C3)c12. The topological polar surface area (TPSA) is 130 Å². The number of halogens is 2. The smallest absolute Gasteiger partial charge is 0.284 e. The van der Waals surface area contributed by atoms with E-state index in [0.29, 0.717) is 37.4 Å². The molecule has 2 aromatic heterocycles. The molecule has 4 aliphatic rings. The zero-order chi connectivity index (χ0) is 32.7. The van der Waals surface area contributed by atoms with Crippen molar-refractivity contribution < 1.29 is 27.8 Å². The molecule has 1 aromatic carbocycles. The van der Waals surface area contributed by atoms with Gasteiger partial charge in [-0.05, 0) is 88.7 Å². The van der Waals surface area contributed by atoms with E-state index >= 15 is 0 Å². The van der Waals surface area contributed by atoms with Gasteiger partial charge < -0.3 is 20.1 Å². The minimum atomic E-state index is -2.64. The number of aryl methyl sites for hydroxylation is 1. The molecule has 13 heteroatoms. The van der Waals surface area contributed by atoms with Crippen molar-refractivity contribution in [1.29, 1.82) is 0 Å². The van der Waals surface area contributed by atoms with E-state index < -0.39 is 12.5 Å². The summed E-state index contributed by atoms with van der Waals surface area (Å²) < 4.78 is 42.4. The highest BCUT2D eigenvalue weighted by molar-refractivity contribution is 6.00. The van der Waals surface area contributed by atoms with E-state index in [9.17, 15) is 18.4 Å². The summed E-state index contributed by atoms with van der Waals surface area (Å²) in [6.45, 7) is 5.73. The maximum absolute atomic E-state index is 13.1. The van der Waals surface area contributed by atoms with E-state index in [-0.39, 0.29) is 35.3 Å². The summed E-state index contributed by atoms with van der Waals surface area (Å²) in [7, 11) is 0. The van der Waals surface area contributed by atoms with Gasteiger partial charge in [-0.3, -0.25) is 24.3 Å². The Hall–Kier alpha value is -3.58. The van der Waals surface area contributed by atoms with Gasteiger partial charge in [0.05, 0.1) is 47.1 Å². The van der Waals surface area contributed by atoms with E-state index in [2.05, 4.69) is 20.4 Å². The summed E-state index contributed by atoms with van der Waals surface area (Å²) in [5.41, 5.74) is 7.17. The number of hydrogen-bond donors (Lipinski definition) is 2. The number of nitrogen functional groups attached to an aromatic ring is 1. The van der Waals surface area contributed by atoms with E-state index in [1.54, 1.807) is 15.6 Å². The van der Waals surface area contributed by atoms with Crippen LogP contribution >= 0.6 is 0 Å². The van der Waals surface area contributed by atoms with Gasteiger partial charge in [0, 0.05) is 32.3 Å². The summed E-state index contributed by atoms with van der Waals surface area (Å²) in [6.07, 6.45) is 8.40. The number of nitrogens with two attached hydrogens (primary N) is 1. The van der Waals surface area contributed by atoms with Crippen LogP contribution in [0.3, 0.4) is 0 Å². The van der Waals surface area contributed by atoms with Crippen molar-refractivity contribution in [2.75, 3.05) is 32.0 Å². The van der Waals surface area contributed by atoms with Gasteiger partial charge in [0.2, 0.25) is 5.91 Å². The predicted molar refractivity (Wildman–Crippen MR) is 171 cm³/mol. The highest BCUT2D eigenvalue weighted by Gasteiger charge is 2.35. The zero-order valence-electron chi connectivity index (χ0n) is 27.0. The fourth-order valence-corrected chi connectivity index (χ4v) is 7.98. The summed E-state index contributed by atoms with van der Waals surface area (Å²) in [5.74, 6) is 1.29. The number of rotatable bonds is 10. The predicted octanol–water partition coefficient (Wildman–Crippen LogP) is 5.11. The number of nitrogens with one attached hydrogen (secondary N) is 1. The van der Waals surface area contributed by atoms with E-state index in [4.69, 9.17) is 15.2 Å². The highest BCUT2D eigenvalue weighted by atomic mass is 19.3. The molecule has 0 radical (unpaired) electrons. The molecule has 47 heavy (non-hydrogen) atoms. The molecule has 7 rings (SSSR count). The van der Waals surface area contributed by atoms with Crippen LogP contribution in [0.5, 0.6) is 5.75 Å². The van der Waals surface area contributed by atoms with Gasteiger partial charge in [0.1, 0.15) is 11.8 Å². The Kier molecular flexibility index (Phi) is 9.19. The maximum atomic E-state index is 13.1.